The third-order valence-electron chi connectivity index (χ3n) is 3.98. The van der Waals surface area contributed by atoms with Gasteiger partial charge in [-0.3, -0.25) is 0 Å². The molecule has 0 fully saturated rings. The van der Waals surface area contributed by atoms with Crippen LogP contribution in [0.3, 0.4) is 0 Å². The molecule has 2 N–H and O–H groups in total. The molecule has 2 aromatic rings. The summed E-state index contributed by atoms with van der Waals surface area (Å²) in [6, 6.07) is 10.7. The number of para-hydroxylation sites is 2. The van der Waals surface area contributed by atoms with Crippen molar-refractivity contribution in [3.8, 4) is 11.5 Å². The van der Waals surface area contributed by atoms with Gasteiger partial charge in [0.05, 0.1) is 18.6 Å². The monoisotopic (exact) mass is 415 g/mol. The number of halogens is 1. The van der Waals surface area contributed by atoms with Gasteiger partial charge in [-0.05, 0) is 31.2 Å². The molecule has 1 heterocycles. The Morgan fingerprint density at radius 1 is 1.21 bits per heavy atom. The summed E-state index contributed by atoms with van der Waals surface area (Å²) in [6.07, 6.45) is 1.49. The van der Waals surface area contributed by atoms with Gasteiger partial charge in [-0.25, -0.2) is 14.2 Å². The van der Waals surface area contributed by atoms with Crippen LogP contribution in [0.4, 0.5) is 10.1 Å². The number of nitrogens with zero attached hydrogens (tertiary/aromatic N) is 1. The number of methoxy groups -OCH3 is 1. The predicted octanol–water partition coefficient (Wildman–Crippen LogP) is 4.73. The van der Waals surface area contributed by atoms with E-state index in [1.54, 1.807) is 31.2 Å². The molecule has 0 saturated heterocycles. The molecule has 150 valence electrons. The molecule has 0 aliphatic carbocycles. The Balaban J connectivity index is 2.10. The number of hydrogen-bond acceptors (Lipinski definition) is 7. The SMILES string of the molecule is CCOC(=O)C1=C(O)/C(=C\c2cccc(OC)c2O)SC1=Nc1ccccc1F. The van der Waals surface area contributed by atoms with E-state index in [9.17, 15) is 19.4 Å². The number of phenols is 1. The first kappa shape index (κ1) is 20.5. The summed E-state index contributed by atoms with van der Waals surface area (Å²) in [4.78, 5) is 16.8. The molecule has 0 bridgehead atoms. The Bertz CT molecular complexity index is 1050. The van der Waals surface area contributed by atoms with E-state index in [1.807, 2.05) is 0 Å². The van der Waals surface area contributed by atoms with Gasteiger partial charge in [-0.2, -0.15) is 0 Å². The van der Waals surface area contributed by atoms with Crippen LogP contribution in [0.15, 0.2) is 63.7 Å². The van der Waals surface area contributed by atoms with Crippen LogP contribution in [-0.2, 0) is 9.53 Å². The van der Waals surface area contributed by atoms with E-state index < -0.39 is 11.8 Å². The molecule has 0 unspecified atom stereocenters. The first-order chi connectivity index (χ1) is 14.0. The van der Waals surface area contributed by atoms with E-state index in [2.05, 4.69) is 4.99 Å². The maximum Gasteiger partial charge on any atom is 0.344 e. The van der Waals surface area contributed by atoms with Crippen LogP contribution in [0.5, 0.6) is 11.5 Å². The smallest absolute Gasteiger partial charge is 0.344 e. The highest BCUT2D eigenvalue weighted by molar-refractivity contribution is 8.18. The average Bonchev–Trinajstić information content (AvgIpc) is 3.00. The summed E-state index contributed by atoms with van der Waals surface area (Å²) in [5.74, 6) is -1.55. The highest BCUT2D eigenvalue weighted by Gasteiger charge is 2.33. The molecule has 6 nitrogen and oxygen atoms in total. The number of phenolic OH excluding ortho intramolecular Hbond substituents is 1. The van der Waals surface area contributed by atoms with Crippen molar-refractivity contribution in [1.29, 1.82) is 0 Å². The van der Waals surface area contributed by atoms with E-state index in [4.69, 9.17) is 9.47 Å². The fourth-order valence-electron chi connectivity index (χ4n) is 2.61. The number of ether oxygens (including phenoxy) is 2. The zero-order chi connectivity index (χ0) is 21.0. The second kappa shape index (κ2) is 8.83. The number of benzene rings is 2. The molecule has 0 atom stereocenters. The second-order valence-corrected chi connectivity index (χ2v) is 6.85. The molecule has 1 aliphatic heterocycles. The molecular weight excluding hydrogens is 397 g/mol. The van der Waals surface area contributed by atoms with Crippen LogP contribution in [0, 0.1) is 5.82 Å². The number of rotatable bonds is 5. The first-order valence-electron chi connectivity index (χ1n) is 8.66. The second-order valence-electron chi connectivity index (χ2n) is 5.82. The topological polar surface area (TPSA) is 88.4 Å². The van der Waals surface area contributed by atoms with Crippen LogP contribution >= 0.6 is 11.8 Å². The van der Waals surface area contributed by atoms with Crippen molar-refractivity contribution in [2.45, 2.75) is 6.92 Å². The van der Waals surface area contributed by atoms with Crippen molar-refractivity contribution in [3.63, 3.8) is 0 Å². The van der Waals surface area contributed by atoms with Gasteiger partial charge in [0.25, 0.3) is 0 Å². The normalized spacial score (nSPS) is 16.5. The van der Waals surface area contributed by atoms with Gasteiger partial charge >= 0.3 is 5.97 Å². The van der Waals surface area contributed by atoms with E-state index in [0.717, 1.165) is 11.8 Å². The average molecular weight is 415 g/mol. The molecule has 8 heteroatoms. The van der Waals surface area contributed by atoms with Crippen molar-refractivity contribution >= 4 is 34.5 Å². The zero-order valence-corrected chi connectivity index (χ0v) is 16.5. The van der Waals surface area contributed by atoms with Gasteiger partial charge < -0.3 is 19.7 Å². The molecule has 0 amide bonds. The number of aliphatic imine (C=N–C) groups is 1. The summed E-state index contributed by atoms with van der Waals surface area (Å²) in [7, 11) is 1.42. The molecule has 1 aliphatic rings. The van der Waals surface area contributed by atoms with Crippen molar-refractivity contribution in [2.24, 2.45) is 4.99 Å². The van der Waals surface area contributed by atoms with Crippen LogP contribution in [0.1, 0.15) is 12.5 Å². The third-order valence-corrected chi connectivity index (χ3v) is 5.00. The van der Waals surface area contributed by atoms with Gasteiger partial charge in [0.1, 0.15) is 27.9 Å². The minimum absolute atomic E-state index is 0.0232. The third kappa shape index (κ3) is 4.27. The molecule has 0 saturated carbocycles. The Morgan fingerprint density at radius 2 is 1.97 bits per heavy atom. The van der Waals surface area contributed by atoms with Crippen molar-refractivity contribution in [3.05, 3.63) is 70.1 Å². The largest absolute Gasteiger partial charge is 0.506 e. The van der Waals surface area contributed by atoms with Crippen LogP contribution < -0.4 is 4.74 Å². The molecule has 3 rings (SSSR count). The van der Waals surface area contributed by atoms with Crippen molar-refractivity contribution in [2.75, 3.05) is 13.7 Å². The maximum atomic E-state index is 14.0. The van der Waals surface area contributed by atoms with Crippen molar-refractivity contribution in [1.82, 2.24) is 0 Å². The van der Waals surface area contributed by atoms with Crippen LogP contribution in [0.25, 0.3) is 6.08 Å². The fourth-order valence-corrected chi connectivity index (χ4v) is 3.62. The highest BCUT2D eigenvalue weighted by Crippen LogP contribution is 2.42. The Labute approximate surface area is 171 Å². The van der Waals surface area contributed by atoms with Gasteiger partial charge in [-0.1, -0.05) is 36.0 Å². The minimum Gasteiger partial charge on any atom is -0.506 e. The molecule has 2 aromatic carbocycles. The molecular formula is C21H18FNO5S. The lowest BCUT2D eigenvalue weighted by atomic mass is 10.1. The summed E-state index contributed by atoms with van der Waals surface area (Å²) < 4.78 is 24.1. The van der Waals surface area contributed by atoms with Gasteiger partial charge in [0, 0.05) is 5.56 Å². The number of aliphatic hydroxyl groups excluding tert-OH is 1. The highest BCUT2D eigenvalue weighted by atomic mass is 32.2. The van der Waals surface area contributed by atoms with Gasteiger partial charge in [0.2, 0.25) is 0 Å². The summed E-state index contributed by atoms with van der Waals surface area (Å²) in [5.41, 5.74) is 0.234. The standard InChI is InChI=1S/C21H18FNO5S/c1-3-28-21(26)17-19(25)16(11-12-7-6-10-15(27-2)18(12)24)29-20(17)23-14-9-5-4-8-13(14)22/h4-11,24-25H,3H2,1-2H3/b16-11+,23-20?. The number of hydrogen-bond donors (Lipinski definition) is 2. The number of carbonyl (C=O) groups is 1. The molecule has 0 radical (unpaired) electrons. The van der Waals surface area contributed by atoms with Gasteiger partial charge in [0.15, 0.2) is 11.5 Å². The lowest BCUT2D eigenvalue weighted by Gasteiger charge is -2.06. The van der Waals surface area contributed by atoms with E-state index in [1.165, 1.54) is 31.4 Å². The number of thioether (sulfide) groups is 1. The summed E-state index contributed by atoms with van der Waals surface area (Å²) >= 11 is 0.969. The van der Waals surface area contributed by atoms with Gasteiger partial charge in [-0.15, -0.1) is 0 Å². The zero-order valence-electron chi connectivity index (χ0n) is 15.7. The maximum absolute atomic E-state index is 14.0. The van der Waals surface area contributed by atoms with E-state index >= 15 is 0 Å². The van der Waals surface area contributed by atoms with Crippen LogP contribution in [-0.4, -0.2) is 34.9 Å². The first-order valence-corrected chi connectivity index (χ1v) is 9.47. The van der Waals surface area contributed by atoms with Crippen LogP contribution in [0.2, 0.25) is 0 Å². The minimum atomic E-state index is -0.772. The lowest BCUT2D eigenvalue weighted by molar-refractivity contribution is -0.138. The fraction of sp³-hybridized carbons (Fsp3) is 0.143. The van der Waals surface area contributed by atoms with E-state index in [0.29, 0.717) is 5.56 Å². The number of aromatic hydroxyl groups is 1. The summed E-state index contributed by atoms with van der Waals surface area (Å²) in [6.45, 7) is 1.74. The predicted molar refractivity (Wildman–Crippen MR) is 110 cm³/mol. The Morgan fingerprint density at radius 3 is 2.66 bits per heavy atom. The quantitative estimate of drug-likeness (QED) is 0.686. The lowest BCUT2D eigenvalue weighted by Crippen LogP contribution is -2.12. The van der Waals surface area contributed by atoms with E-state index in [-0.39, 0.29) is 45.1 Å². The Kier molecular flexibility index (Phi) is 6.23. The summed E-state index contributed by atoms with van der Waals surface area (Å²) in [5, 5.41) is 21.0. The van der Waals surface area contributed by atoms with Crippen molar-refractivity contribution < 1.29 is 28.9 Å². The number of esters is 1. The molecule has 0 aromatic heterocycles. The Hall–Kier alpha value is -3.26. The molecule has 29 heavy (non-hydrogen) atoms. The number of carbonyl (C=O) groups excluding carboxylic acids is 1. The molecule has 0 spiro atoms. The number of aliphatic hydroxyl groups is 1.